The van der Waals surface area contributed by atoms with Gasteiger partial charge in [-0.2, -0.15) is 0 Å². The molecule has 1 heterocycles. The van der Waals surface area contributed by atoms with Gasteiger partial charge in [0.05, 0.1) is 26.9 Å². The summed E-state index contributed by atoms with van der Waals surface area (Å²) in [5, 5.41) is 10.4. The Morgan fingerprint density at radius 2 is 1.90 bits per heavy atom. The molecular formula is C16H32O3Si. The molecule has 0 unspecified atom stereocenters. The molecule has 118 valence electrons. The molecule has 0 aromatic rings. The van der Waals surface area contributed by atoms with E-state index >= 15 is 0 Å². The third kappa shape index (κ3) is 6.08. The average molecular weight is 301 g/mol. The maximum atomic E-state index is 10.4. The second-order valence-corrected chi connectivity index (χ2v) is 12.8. The van der Waals surface area contributed by atoms with Gasteiger partial charge in [0, 0.05) is 0 Å². The lowest BCUT2D eigenvalue weighted by molar-refractivity contribution is -0.141. The largest absolute Gasteiger partial charge is 0.392 e. The summed E-state index contributed by atoms with van der Waals surface area (Å²) in [5.74, 6) is -0.0792. The van der Waals surface area contributed by atoms with Gasteiger partial charge in [0.2, 0.25) is 0 Å². The van der Waals surface area contributed by atoms with Crippen molar-refractivity contribution in [3.63, 3.8) is 0 Å². The van der Waals surface area contributed by atoms with Crippen molar-refractivity contribution in [2.45, 2.75) is 71.8 Å². The molecule has 0 spiro atoms. The van der Waals surface area contributed by atoms with Crippen LogP contribution < -0.4 is 0 Å². The Morgan fingerprint density at radius 1 is 1.30 bits per heavy atom. The third-order valence-corrected chi connectivity index (χ3v) is 4.92. The number of ether oxygens (including phenoxy) is 2. The smallest absolute Gasteiger partial charge is 0.163 e. The van der Waals surface area contributed by atoms with Gasteiger partial charge in [-0.05, 0) is 32.1 Å². The van der Waals surface area contributed by atoms with Crippen molar-refractivity contribution in [3.05, 3.63) is 11.8 Å². The first-order valence-corrected chi connectivity index (χ1v) is 11.3. The van der Waals surface area contributed by atoms with E-state index in [1.54, 1.807) is 0 Å². The lowest BCUT2D eigenvalue weighted by atomic mass is 9.89. The second kappa shape index (κ2) is 6.73. The van der Waals surface area contributed by atoms with Crippen LogP contribution in [0.4, 0.5) is 0 Å². The fourth-order valence-corrected chi connectivity index (χ4v) is 3.39. The maximum Gasteiger partial charge on any atom is 0.163 e. The highest BCUT2D eigenvalue weighted by Crippen LogP contribution is 2.28. The topological polar surface area (TPSA) is 38.7 Å². The zero-order valence-electron chi connectivity index (χ0n) is 14.1. The van der Waals surface area contributed by atoms with E-state index in [9.17, 15) is 5.11 Å². The zero-order valence-corrected chi connectivity index (χ0v) is 15.1. The molecule has 0 aromatic carbocycles. The van der Waals surface area contributed by atoms with E-state index in [-0.39, 0.29) is 24.0 Å². The Balaban J connectivity index is 2.46. The normalized spacial score (nSPS) is 27.7. The standard InChI is InChI=1S/C16H32O3Si/c1-12(8-9-20(5,6)7)15(17)13(2)10-14-11-18-16(3,4)19-14/h8-9,12-15,17H,10-11H2,1-7H3/b9-8+/t12-,13+,14+,15-/m1/s1. The molecule has 20 heavy (non-hydrogen) atoms. The molecule has 1 rings (SSSR count). The molecule has 1 aliphatic heterocycles. The predicted molar refractivity (Wildman–Crippen MR) is 86.3 cm³/mol. The molecule has 0 aliphatic carbocycles. The van der Waals surface area contributed by atoms with E-state index in [4.69, 9.17) is 9.47 Å². The van der Waals surface area contributed by atoms with Crippen molar-refractivity contribution in [2.24, 2.45) is 11.8 Å². The molecule has 0 saturated carbocycles. The van der Waals surface area contributed by atoms with Crippen LogP contribution in [0, 0.1) is 11.8 Å². The minimum absolute atomic E-state index is 0.0998. The number of hydrogen-bond acceptors (Lipinski definition) is 3. The molecule has 3 nitrogen and oxygen atoms in total. The van der Waals surface area contributed by atoms with E-state index in [1.807, 2.05) is 13.8 Å². The van der Waals surface area contributed by atoms with E-state index in [0.29, 0.717) is 6.61 Å². The van der Waals surface area contributed by atoms with Crippen LogP contribution in [0.15, 0.2) is 11.8 Å². The van der Waals surface area contributed by atoms with Gasteiger partial charge >= 0.3 is 0 Å². The van der Waals surface area contributed by atoms with Crippen LogP contribution >= 0.6 is 0 Å². The molecule has 1 aliphatic rings. The molecule has 1 N–H and O–H groups in total. The highest BCUT2D eigenvalue weighted by molar-refractivity contribution is 6.80. The first kappa shape index (κ1) is 17.9. The van der Waals surface area contributed by atoms with E-state index in [1.165, 1.54) is 0 Å². The van der Waals surface area contributed by atoms with Gasteiger partial charge in [-0.1, -0.05) is 45.3 Å². The Kier molecular flexibility index (Phi) is 6.02. The van der Waals surface area contributed by atoms with Crippen LogP contribution in [0.2, 0.25) is 19.6 Å². The highest BCUT2D eigenvalue weighted by atomic mass is 28.3. The van der Waals surface area contributed by atoms with E-state index in [0.717, 1.165) is 6.42 Å². The summed E-state index contributed by atoms with van der Waals surface area (Å²) in [7, 11) is -1.19. The van der Waals surface area contributed by atoms with Crippen LogP contribution in [0.1, 0.15) is 34.1 Å². The summed E-state index contributed by atoms with van der Waals surface area (Å²) in [6.45, 7) is 15.6. The predicted octanol–water partition coefficient (Wildman–Crippen LogP) is 3.59. The number of hydrogen-bond donors (Lipinski definition) is 1. The number of aliphatic hydroxyl groups is 1. The van der Waals surface area contributed by atoms with Gasteiger partial charge in [-0.25, -0.2) is 0 Å². The van der Waals surface area contributed by atoms with E-state index < -0.39 is 13.9 Å². The number of aliphatic hydroxyl groups excluding tert-OH is 1. The lowest BCUT2D eigenvalue weighted by Crippen LogP contribution is -2.30. The zero-order chi connectivity index (χ0) is 15.6. The molecule has 4 atom stereocenters. The maximum absolute atomic E-state index is 10.4. The fraction of sp³-hybridized carbons (Fsp3) is 0.875. The van der Waals surface area contributed by atoms with Crippen molar-refractivity contribution in [3.8, 4) is 0 Å². The fourth-order valence-electron chi connectivity index (χ4n) is 2.51. The van der Waals surface area contributed by atoms with Crippen molar-refractivity contribution in [2.75, 3.05) is 6.61 Å². The molecule has 0 bridgehead atoms. The Bertz CT molecular complexity index is 333. The molecule has 0 aromatic heterocycles. The monoisotopic (exact) mass is 300 g/mol. The molecular weight excluding hydrogens is 268 g/mol. The highest BCUT2D eigenvalue weighted by Gasteiger charge is 2.34. The average Bonchev–Trinajstić information content (AvgIpc) is 2.63. The van der Waals surface area contributed by atoms with Crippen LogP contribution in [0.3, 0.4) is 0 Å². The summed E-state index contributed by atoms with van der Waals surface area (Å²) >= 11 is 0. The van der Waals surface area contributed by atoms with Crippen LogP contribution in [0.5, 0.6) is 0 Å². The summed E-state index contributed by atoms with van der Waals surface area (Å²) in [4.78, 5) is 0. The second-order valence-electron chi connectivity index (χ2n) is 7.74. The lowest BCUT2D eigenvalue weighted by Gasteiger charge is -2.26. The van der Waals surface area contributed by atoms with Crippen molar-refractivity contribution in [1.29, 1.82) is 0 Å². The Hall–Kier alpha value is -0.163. The minimum Gasteiger partial charge on any atom is -0.392 e. The van der Waals surface area contributed by atoms with Crippen molar-refractivity contribution >= 4 is 8.07 Å². The Morgan fingerprint density at radius 3 is 2.35 bits per heavy atom. The quantitative estimate of drug-likeness (QED) is 0.762. The van der Waals surface area contributed by atoms with Crippen molar-refractivity contribution in [1.82, 2.24) is 0 Å². The summed E-state index contributed by atoms with van der Waals surface area (Å²) in [6, 6.07) is 0. The first-order valence-electron chi connectivity index (χ1n) is 7.69. The molecule has 1 fully saturated rings. The Labute approximate surface area is 125 Å². The SMILES string of the molecule is C[C@H](/C=C/[Si](C)(C)C)[C@@H](O)[C@@H](C)C[C@H]1COC(C)(C)O1. The third-order valence-electron chi connectivity index (χ3n) is 3.72. The van der Waals surface area contributed by atoms with Gasteiger partial charge < -0.3 is 14.6 Å². The summed E-state index contributed by atoms with van der Waals surface area (Å²) < 4.78 is 11.4. The first-order chi connectivity index (χ1) is 9.00. The molecule has 0 amide bonds. The van der Waals surface area contributed by atoms with Crippen LogP contribution in [-0.4, -0.2) is 37.8 Å². The van der Waals surface area contributed by atoms with Gasteiger partial charge in [-0.3, -0.25) is 0 Å². The van der Waals surface area contributed by atoms with Crippen LogP contribution in [0.25, 0.3) is 0 Å². The van der Waals surface area contributed by atoms with Gasteiger partial charge in [-0.15, -0.1) is 0 Å². The number of rotatable bonds is 6. The van der Waals surface area contributed by atoms with Crippen molar-refractivity contribution < 1.29 is 14.6 Å². The van der Waals surface area contributed by atoms with E-state index in [2.05, 4.69) is 45.3 Å². The van der Waals surface area contributed by atoms with Crippen LogP contribution in [-0.2, 0) is 9.47 Å². The molecule has 0 radical (unpaired) electrons. The van der Waals surface area contributed by atoms with Gasteiger partial charge in [0.15, 0.2) is 5.79 Å². The molecule has 4 heteroatoms. The minimum atomic E-state index is -1.19. The summed E-state index contributed by atoms with van der Waals surface area (Å²) in [6.07, 6.45) is 2.80. The molecule has 1 saturated heterocycles. The summed E-state index contributed by atoms with van der Waals surface area (Å²) in [5.41, 5.74) is 2.31. The van der Waals surface area contributed by atoms with Gasteiger partial charge in [0.25, 0.3) is 0 Å². The van der Waals surface area contributed by atoms with Gasteiger partial charge in [0.1, 0.15) is 0 Å².